The van der Waals surface area contributed by atoms with Crippen LogP contribution in [-0.2, 0) is 17.9 Å². The van der Waals surface area contributed by atoms with E-state index >= 15 is 0 Å². The van der Waals surface area contributed by atoms with Gasteiger partial charge in [-0.25, -0.2) is 0 Å². The highest BCUT2D eigenvalue weighted by atomic mass is 16.6. The van der Waals surface area contributed by atoms with E-state index in [9.17, 15) is 14.9 Å². The quantitative estimate of drug-likeness (QED) is 0.570. The highest BCUT2D eigenvalue weighted by molar-refractivity contribution is 5.80. The molecule has 2 rings (SSSR count). The normalized spacial score (nSPS) is 12.1. The number of aromatic nitrogens is 4. The van der Waals surface area contributed by atoms with Gasteiger partial charge in [-0.15, -0.1) is 0 Å². The molecule has 0 bridgehead atoms. The summed E-state index contributed by atoms with van der Waals surface area (Å²) < 4.78 is 3.14. The maximum atomic E-state index is 12.6. The largest absolute Gasteiger partial charge is 0.338 e. The Kier molecular flexibility index (Phi) is 5.09. The second-order valence-electron chi connectivity index (χ2n) is 5.22. The van der Waals surface area contributed by atoms with Crippen LogP contribution in [-0.4, -0.2) is 42.3 Å². The Balaban J connectivity index is 2.09. The van der Waals surface area contributed by atoms with Crippen LogP contribution in [0.2, 0.25) is 0 Å². The number of likely N-dealkylation sites (N-methyl/N-ethyl adjacent to an activating group) is 1. The van der Waals surface area contributed by atoms with Crippen LogP contribution >= 0.6 is 0 Å². The molecule has 1 unspecified atom stereocenters. The van der Waals surface area contributed by atoms with Crippen molar-refractivity contribution < 1.29 is 9.72 Å². The van der Waals surface area contributed by atoms with Gasteiger partial charge in [-0.05, 0) is 19.4 Å². The lowest BCUT2D eigenvalue weighted by atomic mass is 10.2. The summed E-state index contributed by atoms with van der Waals surface area (Å²) in [6, 6.07) is 1.30. The predicted octanol–water partition coefficient (Wildman–Crippen LogP) is 1.62. The molecule has 2 heterocycles. The Morgan fingerprint density at radius 1 is 1.48 bits per heavy atom. The molecule has 0 saturated heterocycles. The van der Waals surface area contributed by atoms with Gasteiger partial charge in [0.15, 0.2) is 0 Å². The number of aryl methyl sites for hydroxylation is 1. The summed E-state index contributed by atoms with van der Waals surface area (Å²) in [5, 5.41) is 19.0. The van der Waals surface area contributed by atoms with E-state index in [4.69, 9.17) is 0 Å². The molecule has 0 aliphatic heterocycles. The minimum atomic E-state index is -0.568. The molecule has 124 valence electrons. The molecule has 0 fully saturated rings. The average Bonchev–Trinajstić information content (AvgIpc) is 3.17. The molecule has 0 N–H and O–H groups in total. The van der Waals surface area contributed by atoms with E-state index in [1.165, 1.54) is 10.9 Å². The zero-order valence-electron chi connectivity index (χ0n) is 13.4. The summed E-state index contributed by atoms with van der Waals surface area (Å²) >= 11 is 0. The minimum Gasteiger partial charge on any atom is -0.338 e. The molecule has 1 amide bonds. The Morgan fingerprint density at radius 2 is 2.22 bits per heavy atom. The van der Waals surface area contributed by atoms with Crippen LogP contribution in [0.15, 0.2) is 24.7 Å². The molecule has 1 atom stereocenters. The molecule has 0 saturated carbocycles. The maximum Gasteiger partial charge on any atom is 0.307 e. The van der Waals surface area contributed by atoms with Crippen molar-refractivity contribution in [3.8, 4) is 0 Å². The van der Waals surface area contributed by atoms with Gasteiger partial charge in [0.05, 0.1) is 17.2 Å². The van der Waals surface area contributed by atoms with Gasteiger partial charge in [0, 0.05) is 19.8 Å². The van der Waals surface area contributed by atoms with E-state index in [1.54, 1.807) is 16.6 Å². The van der Waals surface area contributed by atoms with Gasteiger partial charge >= 0.3 is 5.69 Å². The molecule has 23 heavy (non-hydrogen) atoms. The maximum absolute atomic E-state index is 12.6. The van der Waals surface area contributed by atoms with Crippen molar-refractivity contribution in [2.24, 2.45) is 0 Å². The zero-order valence-corrected chi connectivity index (χ0v) is 13.4. The second-order valence-corrected chi connectivity index (χ2v) is 5.22. The molecule has 0 aromatic carbocycles. The van der Waals surface area contributed by atoms with Crippen LogP contribution in [0.5, 0.6) is 0 Å². The monoisotopic (exact) mass is 320 g/mol. The van der Waals surface area contributed by atoms with Crippen molar-refractivity contribution in [3.05, 3.63) is 40.5 Å². The molecule has 0 aliphatic carbocycles. The number of carbonyl (C=O) groups excluding carboxylic acids is 1. The SMILES string of the molecule is CCC(C(=O)N(C)Cc1ccn(CC)n1)n1cc([N+](=O)[O-])cn1. The average molecular weight is 320 g/mol. The van der Waals surface area contributed by atoms with Gasteiger partial charge in [-0.2, -0.15) is 10.2 Å². The first kappa shape index (κ1) is 16.7. The topological polar surface area (TPSA) is 99.1 Å². The molecule has 0 spiro atoms. The fourth-order valence-corrected chi connectivity index (χ4v) is 2.31. The van der Waals surface area contributed by atoms with E-state index in [1.807, 2.05) is 26.1 Å². The van der Waals surface area contributed by atoms with Gasteiger partial charge < -0.3 is 4.90 Å². The first-order chi connectivity index (χ1) is 11.0. The van der Waals surface area contributed by atoms with Crippen molar-refractivity contribution in [2.45, 2.75) is 39.4 Å². The number of nitrogens with zero attached hydrogens (tertiary/aromatic N) is 6. The molecule has 0 aliphatic rings. The third-order valence-corrected chi connectivity index (χ3v) is 3.59. The fraction of sp³-hybridized carbons (Fsp3) is 0.500. The molecule has 2 aromatic rings. The van der Waals surface area contributed by atoms with Gasteiger partial charge in [0.2, 0.25) is 5.91 Å². The molecule has 9 nitrogen and oxygen atoms in total. The van der Waals surface area contributed by atoms with Gasteiger partial charge in [0.25, 0.3) is 0 Å². The zero-order chi connectivity index (χ0) is 17.0. The standard InChI is InChI=1S/C14H20N6O3/c1-4-13(19-10-12(8-15-19)20(22)23)14(21)17(3)9-11-6-7-18(5-2)16-11/h6-8,10,13H,4-5,9H2,1-3H3. The molecular formula is C14H20N6O3. The first-order valence-electron chi connectivity index (χ1n) is 7.42. The number of hydrogen-bond donors (Lipinski definition) is 0. The lowest BCUT2D eigenvalue weighted by Crippen LogP contribution is -2.34. The van der Waals surface area contributed by atoms with Gasteiger partial charge in [0.1, 0.15) is 18.4 Å². The van der Waals surface area contributed by atoms with Crippen LogP contribution in [0.25, 0.3) is 0 Å². The Hall–Kier alpha value is -2.71. The molecular weight excluding hydrogens is 300 g/mol. The number of hydrogen-bond acceptors (Lipinski definition) is 5. The molecule has 2 aromatic heterocycles. The summed E-state index contributed by atoms with van der Waals surface area (Å²) in [5.41, 5.74) is 0.671. The fourth-order valence-electron chi connectivity index (χ4n) is 2.31. The highest BCUT2D eigenvalue weighted by Gasteiger charge is 2.25. The van der Waals surface area contributed by atoms with E-state index < -0.39 is 11.0 Å². The first-order valence-corrected chi connectivity index (χ1v) is 7.42. The van der Waals surface area contributed by atoms with Crippen molar-refractivity contribution in [3.63, 3.8) is 0 Å². The number of nitro groups is 1. The van der Waals surface area contributed by atoms with E-state index in [0.29, 0.717) is 13.0 Å². The third kappa shape index (κ3) is 3.74. The van der Waals surface area contributed by atoms with E-state index in [2.05, 4.69) is 10.2 Å². The summed E-state index contributed by atoms with van der Waals surface area (Å²) in [7, 11) is 1.69. The lowest BCUT2D eigenvalue weighted by molar-refractivity contribution is -0.385. The second kappa shape index (κ2) is 7.03. The summed E-state index contributed by atoms with van der Waals surface area (Å²) in [6.07, 6.45) is 4.79. The number of carbonyl (C=O) groups is 1. The highest BCUT2D eigenvalue weighted by Crippen LogP contribution is 2.18. The van der Waals surface area contributed by atoms with Gasteiger partial charge in [-0.1, -0.05) is 6.92 Å². The van der Waals surface area contributed by atoms with Crippen LogP contribution in [0, 0.1) is 10.1 Å². The third-order valence-electron chi connectivity index (χ3n) is 3.59. The van der Waals surface area contributed by atoms with Crippen LogP contribution in [0.4, 0.5) is 5.69 Å². The summed E-state index contributed by atoms with van der Waals surface area (Å²) in [6.45, 7) is 4.98. The summed E-state index contributed by atoms with van der Waals surface area (Å²) in [5.74, 6) is -0.156. The van der Waals surface area contributed by atoms with Crippen molar-refractivity contribution in [1.29, 1.82) is 0 Å². The van der Waals surface area contributed by atoms with Crippen molar-refractivity contribution in [2.75, 3.05) is 7.05 Å². The van der Waals surface area contributed by atoms with Crippen LogP contribution < -0.4 is 0 Å². The minimum absolute atomic E-state index is 0.124. The smallest absolute Gasteiger partial charge is 0.307 e. The molecule has 9 heteroatoms. The Morgan fingerprint density at radius 3 is 2.74 bits per heavy atom. The van der Waals surface area contributed by atoms with Gasteiger partial charge in [-0.3, -0.25) is 24.3 Å². The van der Waals surface area contributed by atoms with Crippen molar-refractivity contribution in [1.82, 2.24) is 24.5 Å². The van der Waals surface area contributed by atoms with Crippen LogP contribution in [0.3, 0.4) is 0 Å². The Bertz CT molecular complexity index is 692. The van der Waals surface area contributed by atoms with E-state index in [-0.39, 0.29) is 11.6 Å². The number of rotatable bonds is 7. The van der Waals surface area contributed by atoms with Crippen LogP contribution in [0.1, 0.15) is 32.0 Å². The lowest BCUT2D eigenvalue weighted by Gasteiger charge is -2.22. The summed E-state index contributed by atoms with van der Waals surface area (Å²) in [4.78, 5) is 24.4. The predicted molar refractivity (Wildman–Crippen MR) is 82.6 cm³/mol. The Labute approximate surface area is 133 Å². The van der Waals surface area contributed by atoms with Crippen molar-refractivity contribution >= 4 is 11.6 Å². The molecule has 0 radical (unpaired) electrons. The van der Waals surface area contributed by atoms with E-state index in [0.717, 1.165) is 18.4 Å². The number of amides is 1.